The molecular weight excluding hydrogens is 466 g/mol. The van der Waals surface area contributed by atoms with Crippen molar-refractivity contribution in [1.29, 1.82) is 0 Å². The molecular formula is C31H32ClN3O. The summed E-state index contributed by atoms with van der Waals surface area (Å²) in [5.41, 5.74) is 6.37. The van der Waals surface area contributed by atoms with Gasteiger partial charge in [0.05, 0.1) is 16.4 Å². The lowest BCUT2D eigenvalue weighted by molar-refractivity contribution is 0.404. The first-order chi connectivity index (χ1) is 17.5. The van der Waals surface area contributed by atoms with Gasteiger partial charge in [-0.3, -0.25) is 9.36 Å². The number of halogens is 1. The van der Waals surface area contributed by atoms with E-state index in [-0.39, 0.29) is 5.56 Å². The quantitative estimate of drug-likeness (QED) is 0.386. The maximum Gasteiger partial charge on any atom is 0.258 e. The largest absolute Gasteiger partial charge is 0.370 e. The Morgan fingerprint density at radius 1 is 1.00 bits per heavy atom. The summed E-state index contributed by atoms with van der Waals surface area (Å²) in [7, 11) is 0. The molecule has 0 N–H and O–H groups in total. The molecule has 1 saturated heterocycles. The van der Waals surface area contributed by atoms with Crippen LogP contribution >= 0.6 is 11.6 Å². The number of benzene rings is 2. The van der Waals surface area contributed by atoms with Gasteiger partial charge in [-0.1, -0.05) is 66.2 Å². The van der Waals surface area contributed by atoms with Crippen LogP contribution in [-0.2, 0) is 6.42 Å². The highest BCUT2D eigenvalue weighted by atomic mass is 35.5. The van der Waals surface area contributed by atoms with E-state index in [1.807, 2.05) is 32.0 Å². The minimum absolute atomic E-state index is 0.0862. The van der Waals surface area contributed by atoms with Crippen LogP contribution in [0.3, 0.4) is 0 Å². The van der Waals surface area contributed by atoms with Crippen LogP contribution in [0.25, 0.3) is 11.3 Å². The zero-order valence-corrected chi connectivity index (χ0v) is 21.7. The molecule has 1 aliphatic carbocycles. The first kappa shape index (κ1) is 24.3. The van der Waals surface area contributed by atoms with E-state index in [0.29, 0.717) is 16.8 Å². The molecule has 0 radical (unpaired) electrons. The van der Waals surface area contributed by atoms with E-state index in [1.54, 1.807) is 10.6 Å². The molecule has 0 amide bonds. The third-order valence-electron chi connectivity index (χ3n) is 7.15. The first-order valence-electron chi connectivity index (χ1n) is 12.7. The zero-order valence-electron chi connectivity index (χ0n) is 21.0. The summed E-state index contributed by atoms with van der Waals surface area (Å²) in [4.78, 5) is 19.3. The fourth-order valence-corrected chi connectivity index (χ4v) is 5.56. The van der Waals surface area contributed by atoms with Crippen LogP contribution in [0.2, 0.25) is 5.02 Å². The number of hydrogen-bond donors (Lipinski definition) is 0. The number of anilines is 1. The fraction of sp³-hybridized carbons (Fsp3) is 0.290. The standard InChI is InChI=1S/C31H32ClN3O/c1-22-19-31(36)35(23(2)33-22)28-13-14-30(29(32)21-28)34-17-15-25(16-18-34)20-24-9-11-27(12-10-24)26-7-5-3-4-6-8-26/h3,5-14,19,21,25H,4,15-18,20H2,1-2H3. The lowest BCUT2D eigenvalue weighted by atomic mass is 9.89. The molecule has 4 nitrogen and oxygen atoms in total. The molecule has 2 aromatic carbocycles. The van der Waals surface area contributed by atoms with Gasteiger partial charge < -0.3 is 4.90 Å². The highest BCUT2D eigenvalue weighted by molar-refractivity contribution is 6.33. The SMILES string of the molecule is Cc1cc(=O)n(-c2ccc(N3CCC(Cc4ccc(C5=CC=CCC=C5)cc4)CC3)c(Cl)c2)c(C)n1. The van der Waals surface area contributed by atoms with Crippen molar-refractivity contribution in [3.05, 3.63) is 117 Å². The summed E-state index contributed by atoms with van der Waals surface area (Å²) in [6.45, 7) is 5.64. The monoisotopic (exact) mass is 497 g/mol. The molecule has 1 fully saturated rings. The summed E-state index contributed by atoms with van der Waals surface area (Å²) < 4.78 is 1.61. The highest BCUT2D eigenvalue weighted by Crippen LogP contribution is 2.32. The fourth-order valence-electron chi connectivity index (χ4n) is 5.26. The average molecular weight is 498 g/mol. The molecule has 0 atom stereocenters. The zero-order chi connectivity index (χ0) is 25.1. The molecule has 3 aromatic rings. The van der Waals surface area contributed by atoms with Gasteiger partial charge in [-0.15, -0.1) is 0 Å². The van der Waals surface area contributed by atoms with Gasteiger partial charge in [0.1, 0.15) is 5.82 Å². The summed E-state index contributed by atoms with van der Waals surface area (Å²) in [6, 6.07) is 16.5. The number of aromatic nitrogens is 2. The summed E-state index contributed by atoms with van der Waals surface area (Å²) >= 11 is 6.71. The maximum atomic E-state index is 12.5. The second kappa shape index (κ2) is 10.7. The van der Waals surface area contributed by atoms with Crippen LogP contribution in [0.5, 0.6) is 0 Å². The van der Waals surface area contributed by atoms with Gasteiger partial charge in [-0.25, -0.2) is 4.98 Å². The Morgan fingerprint density at radius 3 is 2.50 bits per heavy atom. The summed E-state index contributed by atoms with van der Waals surface area (Å²) in [6.07, 6.45) is 15.3. The number of piperidine rings is 1. The van der Waals surface area contributed by atoms with E-state index in [4.69, 9.17) is 11.6 Å². The first-order valence-corrected chi connectivity index (χ1v) is 13.1. The second-order valence-electron chi connectivity index (χ2n) is 9.77. The van der Waals surface area contributed by atoms with E-state index in [2.05, 4.69) is 64.5 Å². The lowest BCUT2D eigenvalue weighted by Crippen LogP contribution is -2.34. The van der Waals surface area contributed by atoms with Crippen LogP contribution in [0.4, 0.5) is 5.69 Å². The van der Waals surface area contributed by atoms with Crippen molar-refractivity contribution in [2.24, 2.45) is 5.92 Å². The molecule has 5 heteroatoms. The minimum atomic E-state index is -0.0862. The smallest absolute Gasteiger partial charge is 0.258 e. The molecule has 2 aliphatic rings. The molecule has 0 bridgehead atoms. The Bertz CT molecular complexity index is 1390. The molecule has 36 heavy (non-hydrogen) atoms. The lowest BCUT2D eigenvalue weighted by Gasteiger charge is -2.34. The molecule has 1 aromatic heterocycles. The molecule has 5 rings (SSSR count). The number of hydrogen-bond acceptors (Lipinski definition) is 3. The summed E-state index contributed by atoms with van der Waals surface area (Å²) in [5.74, 6) is 1.34. The molecule has 2 heterocycles. The Balaban J connectivity index is 1.21. The number of aryl methyl sites for hydroxylation is 2. The topological polar surface area (TPSA) is 38.1 Å². The van der Waals surface area contributed by atoms with Gasteiger partial charge in [-0.05, 0) is 80.3 Å². The van der Waals surface area contributed by atoms with E-state index < -0.39 is 0 Å². The Morgan fingerprint density at radius 2 is 1.78 bits per heavy atom. The second-order valence-corrected chi connectivity index (χ2v) is 10.2. The van der Waals surface area contributed by atoms with Crippen molar-refractivity contribution >= 4 is 22.9 Å². The van der Waals surface area contributed by atoms with Crippen molar-refractivity contribution in [2.75, 3.05) is 18.0 Å². The van der Waals surface area contributed by atoms with Crippen LogP contribution < -0.4 is 10.5 Å². The van der Waals surface area contributed by atoms with Crippen LogP contribution in [0.15, 0.2) is 83.7 Å². The minimum Gasteiger partial charge on any atom is -0.370 e. The van der Waals surface area contributed by atoms with Crippen molar-refractivity contribution < 1.29 is 0 Å². The highest BCUT2D eigenvalue weighted by Gasteiger charge is 2.22. The maximum absolute atomic E-state index is 12.5. The predicted octanol–water partition coefficient (Wildman–Crippen LogP) is 6.86. The van der Waals surface area contributed by atoms with E-state index in [1.165, 1.54) is 16.7 Å². The summed E-state index contributed by atoms with van der Waals surface area (Å²) in [5, 5.41) is 0.671. The third kappa shape index (κ3) is 5.39. The number of allylic oxidation sites excluding steroid dienone is 6. The molecule has 0 unspecified atom stereocenters. The van der Waals surface area contributed by atoms with E-state index in [9.17, 15) is 4.79 Å². The van der Waals surface area contributed by atoms with Gasteiger partial charge in [0, 0.05) is 24.8 Å². The van der Waals surface area contributed by atoms with E-state index >= 15 is 0 Å². The third-order valence-corrected chi connectivity index (χ3v) is 7.46. The Labute approximate surface area is 218 Å². The van der Waals surface area contributed by atoms with Crippen LogP contribution in [0, 0.1) is 19.8 Å². The van der Waals surface area contributed by atoms with E-state index in [0.717, 1.165) is 55.8 Å². The van der Waals surface area contributed by atoms with Gasteiger partial charge in [0.15, 0.2) is 0 Å². The van der Waals surface area contributed by atoms with Crippen LogP contribution in [0.1, 0.15) is 41.9 Å². The normalized spacial score (nSPS) is 16.2. The van der Waals surface area contributed by atoms with Crippen molar-refractivity contribution in [3.63, 3.8) is 0 Å². The number of nitrogens with zero attached hydrogens (tertiary/aromatic N) is 3. The Hall–Kier alpha value is -3.37. The van der Waals surface area contributed by atoms with Crippen molar-refractivity contribution in [3.8, 4) is 5.69 Å². The molecule has 0 saturated carbocycles. The van der Waals surface area contributed by atoms with Crippen molar-refractivity contribution in [1.82, 2.24) is 9.55 Å². The molecule has 0 spiro atoms. The van der Waals surface area contributed by atoms with Crippen molar-refractivity contribution in [2.45, 2.75) is 39.5 Å². The average Bonchev–Trinajstić information content (AvgIpc) is 3.14. The van der Waals surface area contributed by atoms with Crippen LogP contribution in [-0.4, -0.2) is 22.6 Å². The number of rotatable bonds is 5. The Kier molecular flexibility index (Phi) is 7.24. The van der Waals surface area contributed by atoms with Gasteiger partial charge in [-0.2, -0.15) is 0 Å². The predicted molar refractivity (Wildman–Crippen MR) is 150 cm³/mol. The molecule has 184 valence electrons. The molecule has 1 aliphatic heterocycles. The van der Waals surface area contributed by atoms with Gasteiger partial charge >= 0.3 is 0 Å². The van der Waals surface area contributed by atoms with Gasteiger partial charge in [0.25, 0.3) is 5.56 Å². The van der Waals surface area contributed by atoms with Gasteiger partial charge in [0.2, 0.25) is 0 Å².